The minimum Gasteiger partial charge on any atom is -0.493 e. The van der Waals surface area contributed by atoms with Crippen LogP contribution in [0.3, 0.4) is 0 Å². The quantitative estimate of drug-likeness (QED) is 0.293. The van der Waals surface area contributed by atoms with E-state index < -0.39 is 11.7 Å². The van der Waals surface area contributed by atoms with Crippen molar-refractivity contribution in [1.82, 2.24) is 9.80 Å². The van der Waals surface area contributed by atoms with E-state index in [-0.39, 0.29) is 17.5 Å². The predicted molar refractivity (Wildman–Crippen MR) is 153 cm³/mol. The molecule has 2 N–H and O–H groups in total. The molecule has 6 nitrogen and oxygen atoms in total. The number of benzene rings is 2. The molecule has 2 atom stereocenters. The molecule has 0 radical (unpaired) electrons. The van der Waals surface area contributed by atoms with Crippen LogP contribution in [-0.2, 0) is 6.18 Å². The Balaban J connectivity index is 1.52. The van der Waals surface area contributed by atoms with E-state index in [1.165, 1.54) is 23.3 Å². The van der Waals surface area contributed by atoms with Crippen LogP contribution < -0.4 is 10.5 Å². The third-order valence-electron chi connectivity index (χ3n) is 8.76. The van der Waals surface area contributed by atoms with Gasteiger partial charge < -0.3 is 19.9 Å². The SMILES string of the molecule is Cc1c(OCCCC[N+](C)(C)C(C)CN)ccc(C(C)N2CCN(C(=O)c3ccc(C(F)(F)F)cc3)CC2)c1C. The number of alkyl halides is 3. The monoisotopic (exact) mass is 563 g/mol. The molecule has 0 spiro atoms. The van der Waals surface area contributed by atoms with E-state index >= 15 is 0 Å². The molecule has 2 aromatic rings. The number of likely N-dealkylation sites (N-methyl/N-ethyl adjacent to an activating group) is 1. The molecule has 2 unspecified atom stereocenters. The van der Waals surface area contributed by atoms with Crippen molar-refractivity contribution in [2.45, 2.75) is 58.8 Å². The summed E-state index contributed by atoms with van der Waals surface area (Å²) in [5.74, 6) is 0.690. The summed E-state index contributed by atoms with van der Waals surface area (Å²) in [5.41, 5.74) is 8.97. The van der Waals surface area contributed by atoms with Gasteiger partial charge in [0.05, 0.1) is 38.9 Å². The molecule has 40 heavy (non-hydrogen) atoms. The summed E-state index contributed by atoms with van der Waals surface area (Å²) in [6.45, 7) is 13.5. The molecule has 0 aliphatic carbocycles. The molecule has 0 saturated carbocycles. The molecule has 1 heterocycles. The first-order valence-electron chi connectivity index (χ1n) is 14.2. The van der Waals surface area contributed by atoms with E-state index in [0.29, 0.717) is 45.4 Å². The molecule has 0 aromatic heterocycles. The number of hydrogen-bond donors (Lipinski definition) is 1. The highest BCUT2D eigenvalue weighted by Crippen LogP contribution is 2.32. The van der Waals surface area contributed by atoms with Crippen LogP contribution in [0.1, 0.15) is 65.3 Å². The fraction of sp³-hybridized carbons (Fsp3) is 0.581. The van der Waals surface area contributed by atoms with E-state index in [1.807, 2.05) is 0 Å². The minimum absolute atomic E-state index is 0.167. The van der Waals surface area contributed by atoms with Gasteiger partial charge in [0.25, 0.3) is 5.91 Å². The Morgan fingerprint density at radius 1 is 0.975 bits per heavy atom. The maximum atomic E-state index is 12.9. The second-order valence-corrected chi connectivity index (χ2v) is 11.6. The number of carbonyl (C=O) groups excluding carboxylic acids is 1. The number of nitrogens with two attached hydrogens (primary N) is 1. The van der Waals surface area contributed by atoms with Gasteiger partial charge in [-0.25, -0.2) is 0 Å². The van der Waals surface area contributed by atoms with Gasteiger partial charge >= 0.3 is 6.18 Å². The van der Waals surface area contributed by atoms with Crippen molar-refractivity contribution in [3.63, 3.8) is 0 Å². The van der Waals surface area contributed by atoms with E-state index in [1.54, 1.807) is 4.90 Å². The zero-order chi connectivity index (χ0) is 29.7. The van der Waals surface area contributed by atoms with Crippen LogP contribution in [0.15, 0.2) is 36.4 Å². The molecule has 1 aliphatic heterocycles. The first kappa shape index (κ1) is 31.9. The normalized spacial score (nSPS) is 16.6. The fourth-order valence-corrected chi connectivity index (χ4v) is 5.23. The highest BCUT2D eigenvalue weighted by molar-refractivity contribution is 5.94. The van der Waals surface area contributed by atoms with Crippen molar-refractivity contribution < 1.29 is 27.2 Å². The van der Waals surface area contributed by atoms with Crippen LogP contribution in [-0.4, -0.2) is 86.2 Å². The number of rotatable bonds is 11. The van der Waals surface area contributed by atoms with Crippen molar-refractivity contribution in [2.75, 3.05) is 60.0 Å². The van der Waals surface area contributed by atoms with Gasteiger partial charge in [-0.15, -0.1) is 0 Å². The van der Waals surface area contributed by atoms with Gasteiger partial charge in [-0.2, -0.15) is 13.2 Å². The Morgan fingerprint density at radius 2 is 1.60 bits per heavy atom. The summed E-state index contributed by atoms with van der Waals surface area (Å²) in [7, 11) is 4.45. The zero-order valence-electron chi connectivity index (χ0n) is 24.9. The largest absolute Gasteiger partial charge is 0.493 e. The van der Waals surface area contributed by atoms with Crippen LogP contribution >= 0.6 is 0 Å². The average Bonchev–Trinajstić information content (AvgIpc) is 2.93. The van der Waals surface area contributed by atoms with Gasteiger partial charge in [0.2, 0.25) is 0 Å². The molecule has 3 rings (SSSR count). The maximum Gasteiger partial charge on any atom is 0.416 e. The van der Waals surface area contributed by atoms with Crippen LogP contribution in [0.4, 0.5) is 13.2 Å². The Hall–Kier alpha value is -2.62. The lowest BCUT2D eigenvalue weighted by Crippen LogP contribution is -2.51. The number of quaternary nitrogens is 1. The molecular weight excluding hydrogens is 517 g/mol. The Labute approximate surface area is 237 Å². The molecule has 2 aromatic carbocycles. The Kier molecular flexibility index (Phi) is 10.7. The summed E-state index contributed by atoms with van der Waals surface area (Å²) < 4.78 is 45.6. The van der Waals surface area contributed by atoms with E-state index in [2.05, 4.69) is 58.8 Å². The lowest BCUT2D eigenvalue weighted by atomic mass is 9.96. The van der Waals surface area contributed by atoms with Gasteiger partial charge in [-0.05, 0) is 87.6 Å². The second-order valence-electron chi connectivity index (χ2n) is 11.6. The van der Waals surface area contributed by atoms with Crippen LogP contribution in [0.25, 0.3) is 0 Å². The first-order chi connectivity index (χ1) is 18.8. The van der Waals surface area contributed by atoms with E-state index in [0.717, 1.165) is 47.3 Å². The van der Waals surface area contributed by atoms with Crippen molar-refractivity contribution in [3.8, 4) is 5.75 Å². The van der Waals surface area contributed by atoms with Gasteiger partial charge in [0.15, 0.2) is 0 Å². The summed E-state index contributed by atoms with van der Waals surface area (Å²) >= 11 is 0. The lowest BCUT2D eigenvalue weighted by molar-refractivity contribution is -0.911. The van der Waals surface area contributed by atoms with E-state index in [9.17, 15) is 18.0 Å². The number of nitrogens with zero attached hydrogens (tertiary/aromatic N) is 3. The van der Waals surface area contributed by atoms with Gasteiger partial charge in [-0.1, -0.05) is 6.07 Å². The van der Waals surface area contributed by atoms with Crippen molar-refractivity contribution in [3.05, 3.63) is 64.2 Å². The molecule has 1 saturated heterocycles. The molecule has 222 valence electrons. The molecule has 1 aliphatic rings. The first-order valence-corrected chi connectivity index (χ1v) is 14.2. The fourth-order valence-electron chi connectivity index (χ4n) is 5.23. The Bertz CT molecular complexity index is 1130. The number of piperazine rings is 1. The number of halogens is 3. The van der Waals surface area contributed by atoms with Crippen LogP contribution in [0.5, 0.6) is 5.75 Å². The van der Waals surface area contributed by atoms with Gasteiger partial charge in [0, 0.05) is 44.3 Å². The molecule has 1 fully saturated rings. The molecule has 0 bridgehead atoms. The number of hydrogen-bond acceptors (Lipinski definition) is 4. The predicted octanol–water partition coefficient (Wildman–Crippen LogP) is 5.42. The third-order valence-corrected chi connectivity index (χ3v) is 8.76. The number of carbonyl (C=O) groups is 1. The number of amides is 1. The maximum absolute atomic E-state index is 12.9. The van der Waals surface area contributed by atoms with Crippen molar-refractivity contribution >= 4 is 5.91 Å². The smallest absolute Gasteiger partial charge is 0.416 e. The Morgan fingerprint density at radius 3 is 2.17 bits per heavy atom. The molecular formula is C31H46F3N4O2+. The van der Waals surface area contributed by atoms with Gasteiger partial charge in [-0.3, -0.25) is 9.69 Å². The number of unbranched alkanes of at least 4 members (excludes halogenated alkanes) is 1. The van der Waals surface area contributed by atoms with Crippen LogP contribution in [0.2, 0.25) is 0 Å². The van der Waals surface area contributed by atoms with Crippen molar-refractivity contribution in [2.24, 2.45) is 5.73 Å². The van der Waals surface area contributed by atoms with E-state index in [4.69, 9.17) is 10.5 Å². The number of ether oxygens (including phenoxy) is 1. The summed E-state index contributed by atoms with van der Waals surface area (Å²) in [4.78, 5) is 16.9. The minimum atomic E-state index is -4.41. The molecule has 9 heteroatoms. The highest BCUT2D eigenvalue weighted by Gasteiger charge is 2.31. The van der Waals surface area contributed by atoms with Crippen LogP contribution in [0, 0.1) is 13.8 Å². The third kappa shape index (κ3) is 7.77. The average molecular weight is 564 g/mol. The summed E-state index contributed by atoms with van der Waals surface area (Å²) in [6, 6.07) is 9.27. The molecule has 1 amide bonds. The topological polar surface area (TPSA) is 58.8 Å². The van der Waals surface area contributed by atoms with Crippen molar-refractivity contribution in [1.29, 1.82) is 0 Å². The summed E-state index contributed by atoms with van der Waals surface area (Å²) in [6.07, 6.45) is -2.34. The van der Waals surface area contributed by atoms with Gasteiger partial charge in [0.1, 0.15) is 5.75 Å². The lowest BCUT2D eigenvalue weighted by Gasteiger charge is -2.39. The highest BCUT2D eigenvalue weighted by atomic mass is 19.4. The summed E-state index contributed by atoms with van der Waals surface area (Å²) in [5, 5.41) is 0. The standard InChI is InChI=1S/C31H46F3N4O2/c1-22(21-35)38(5,6)19-7-8-20-40-29-14-13-28(23(2)24(29)3)25(4)36-15-17-37(18-16-36)30(39)26-9-11-27(12-10-26)31(32,33)34/h9-14,22,25H,7-8,15-21,35H2,1-6H3/q+1. The second kappa shape index (κ2) is 13.4. The zero-order valence-corrected chi connectivity index (χ0v) is 24.9.